The van der Waals surface area contributed by atoms with E-state index >= 15 is 0 Å². The fourth-order valence-electron chi connectivity index (χ4n) is 2.98. The average Bonchev–Trinajstić information content (AvgIpc) is 2.64. The van der Waals surface area contributed by atoms with Gasteiger partial charge in [-0.25, -0.2) is 0 Å². The maximum atomic E-state index is 12.2. The van der Waals surface area contributed by atoms with Crippen molar-refractivity contribution in [1.29, 1.82) is 0 Å². The summed E-state index contributed by atoms with van der Waals surface area (Å²) in [4.78, 5) is 14.2. The largest absolute Gasteiger partial charge is 0.380 e. The molecule has 1 saturated heterocycles. The number of carbonyl (C=O) groups excluding carboxylic acids is 1. The summed E-state index contributed by atoms with van der Waals surface area (Å²) in [6, 6.07) is 7.95. The first kappa shape index (κ1) is 15.0. The monoisotopic (exact) mass is 276 g/mol. The summed E-state index contributed by atoms with van der Waals surface area (Å²) < 4.78 is 5.18. The molecule has 20 heavy (non-hydrogen) atoms. The quantitative estimate of drug-likeness (QED) is 0.921. The molecule has 0 bridgehead atoms. The van der Waals surface area contributed by atoms with Gasteiger partial charge >= 0.3 is 0 Å². The second-order valence-electron chi connectivity index (χ2n) is 6.43. The number of likely N-dealkylation sites (tertiary alicyclic amines) is 1. The van der Waals surface area contributed by atoms with Crippen LogP contribution >= 0.6 is 0 Å². The Labute approximate surface area is 120 Å². The number of nitrogens with zero attached hydrogens (tertiary/aromatic N) is 1. The third-order valence-corrected chi connectivity index (χ3v) is 3.69. The Morgan fingerprint density at radius 1 is 1.40 bits per heavy atom. The molecular weight excluding hydrogens is 252 g/mol. The molecule has 2 atom stereocenters. The fraction of sp³-hybridized carbons (Fsp3) is 0.562. The Kier molecular flexibility index (Phi) is 4.16. The highest BCUT2D eigenvalue weighted by Gasteiger charge is 2.43. The summed E-state index contributed by atoms with van der Waals surface area (Å²) in [5.74, 6) is 0.132. The number of rotatable bonds is 3. The maximum Gasteiger partial charge on any atom is 0.225 e. The minimum Gasteiger partial charge on any atom is -0.380 e. The number of benzene rings is 1. The van der Waals surface area contributed by atoms with E-state index in [0.717, 1.165) is 11.1 Å². The van der Waals surface area contributed by atoms with Crippen LogP contribution in [0.5, 0.6) is 0 Å². The topological polar surface area (TPSA) is 55.6 Å². The molecular formula is C16H24N2O2. The van der Waals surface area contributed by atoms with Crippen LogP contribution in [0, 0.1) is 0 Å². The fourth-order valence-corrected chi connectivity index (χ4v) is 2.98. The first-order chi connectivity index (χ1) is 9.34. The van der Waals surface area contributed by atoms with Gasteiger partial charge in [-0.2, -0.15) is 0 Å². The maximum absolute atomic E-state index is 12.2. The van der Waals surface area contributed by atoms with E-state index < -0.39 is 0 Å². The average molecular weight is 276 g/mol. The molecule has 4 nitrogen and oxygen atoms in total. The van der Waals surface area contributed by atoms with E-state index in [0.29, 0.717) is 13.0 Å². The lowest BCUT2D eigenvalue weighted by Crippen LogP contribution is -2.45. The molecule has 110 valence electrons. The highest BCUT2D eigenvalue weighted by molar-refractivity contribution is 5.81. The molecule has 0 aromatic heterocycles. The zero-order chi connectivity index (χ0) is 14.9. The van der Waals surface area contributed by atoms with Crippen LogP contribution in [0.25, 0.3) is 0 Å². The molecule has 1 aromatic carbocycles. The summed E-state index contributed by atoms with van der Waals surface area (Å²) in [6.45, 7) is 6.72. The van der Waals surface area contributed by atoms with Crippen molar-refractivity contribution in [2.45, 2.75) is 51.4 Å². The van der Waals surface area contributed by atoms with E-state index in [9.17, 15) is 4.79 Å². The molecule has 2 unspecified atom stereocenters. The zero-order valence-electron chi connectivity index (χ0n) is 12.7. The van der Waals surface area contributed by atoms with Crippen LogP contribution in [0.1, 0.15) is 44.4 Å². The van der Waals surface area contributed by atoms with Crippen molar-refractivity contribution >= 4 is 5.91 Å². The smallest absolute Gasteiger partial charge is 0.225 e. The van der Waals surface area contributed by atoms with Crippen molar-refractivity contribution in [1.82, 2.24) is 4.90 Å². The van der Waals surface area contributed by atoms with E-state index in [-0.39, 0.29) is 23.5 Å². The minimum atomic E-state index is -0.229. The number of nitrogens with two attached hydrogens (primary N) is 1. The van der Waals surface area contributed by atoms with E-state index in [4.69, 9.17) is 10.5 Å². The molecule has 0 saturated carbocycles. The molecule has 2 N–H and O–H groups in total. The van der Waals surface area contributed by atoms with Crippen LogP contribution in [0.15, 0.2) is 24.3 Å². The van der Waals surface area contributed by atoms with Gasteiger partial charge in [0.15, 0.2) is 0 Å². The highest BCUT2D eigenvalue weighted by atomic mass is 16.5. The molecule has 1 aliphatic rings. The molecule has 1 fully saturated rings. The van der Waals surface area contributed by atoms with Crippen LogP contribution in [0.4, 0.5) is 0 Å². The predicted octanol–water partition coefficient (Wildman–Crippen LogP) is 2.23. The predicted molar refractivity (Wildman–Crippen MR) is 79.1 cm³/mol. The van der Waals surface area contributed by atoms with Gasteiger partial charge in [0.05, 0.1) is 12.6 Å². The number of hydrogen-bond acceptors (Lipinski definition) is 3. The number of amides is 1. The lowest BCUT2D eigenvalue weighted by Gasteiger charge is -2.38. The lowest BCUT2D eigenvalue weighted by atomic mass is 9.95. The highest BCUT2D eigenvalue weighted by Crippen LogP contribution is 2.37. The van der Waals surface area contributed by atoms with Crippen LogP contribution in [-0.2, 0) is 16.1 Å². The Morgan fingerprint density at radius 3 is 2.70 bits per heavy atom. The molecule has 0 radical (unpaired) electrons. The van der Waals surface area contributed by atoms with Crippen molar-refractivity contribution in [3.05, 3.63) is 35.4 Å². The molecule has 2 rings (SSSR count). The molecule has 1 aromatic rings. The first-order valence-electron chi connectivity index (χ1n) is 7.00. The number of carbonyl (C=O) groups is 1. The van der Waals surface area contributed by atoms with Gasteiger partial charge in [-0.1, -0.05) is 24.3 Å². The Morgan fingerprint density at radius 2 is 2.10 bits per heavy atom. The second-order valence-corrected chi connectivity index (χ2v) is 6.43. The van der Waals surface area contributed by atoms with Crippen molar-refractivity contribution in [3.63, 3.8) is 0 Å². The van der Waals surface area contributed by atoms with Crippen LogP contribution < -0.4 is 5.73 Å². The Bertz CT molecular complexity index is 493. The first-order valence-corrected chi connectivity index (χ1v) is 7.00. The third kappa shape index (κ3) is 2.86. The van der Waals surface area contributed by atoms with Gasteiger partial charge in [0.1, 0.15) is 0 Å². The van der Waals surface area contributed by atoms with Crippen LogP contribution in [0.2, 0.25) is 0 Å². The van der Waals surface area contributed by atoms with Gasteiger partial charge in [0, 0.05) is 25.1 Å². The number of ether oxygens (including phenoxy) is 1. The summed E-state index contributed by atoms with van der Waals surface area (Å²) in [6.07, 6.45) is 0.413. The Hall–Kier alpha value is -1.39. The minimum absolute atomic E-state index is 0.0562. The van der Waals surface area contributed by atoms with Gasteiger partial charge in [-0.05, 0) is 31.9 Å². The second kappa shape index (κ2) is 5.54. The third-order valence-electron chi connectivity index (χ3n) is 3.69. The summed E-state index contributed by atoms with van der Waals surface area (Å²) in [5, 5.41) is 0. The van der Waals surface area contributed by atoms with Gasteiger partial charge < -0.3 is 15.4 Å². The van der Waals surface area contributed by atoms with Crippen LogP contribution in [0.3, 0.4) is 0 Å². The van der Waals surface area contributed by atoms with E-state index in [1.807, 2.05) is 23.1 Å². The van der Waals surface area contributed by atoms with E-state index in [2.05, 4.69) is 26.8 Å². The number of methoxy groups -OCH3 is 1. The van der Waals surface area contributed by atoms with Gasteiger partial charge in [0.2, 0.25) is 5.91 Å². The summed E-state index contributed by atoms with van der Waals surface area (Å²) >= 11 is 0. The molecule has 1 heterocycles. The van der Waals surface area contributed by atoms with E-state index in [1.165, 1.54) is 0 Å². The van der Waals surface area contributed by atoms with Gasteiger partial charge in [-0.3, -0.25) is 4.79 Å². The summed E-state index contributed by atoms with van der Waals surface area (Å²) in [7, 11) is 1.68. The number of hydrogen-bond donors (Lipinski definition) is 1. The Balaban J connectivity index is 2.38. The van der Waals surface area contributed by atoms with Crippen LogP contribution in [-0.4, -0.2) is 29.5 Å². The summed E-state index contributed by atoms with van der Waals surface area (Å²) in [5.41, 5.74) is 8.18. The molecule has 4 heteroatoms. The van der Waals surface area contributed by atoms with Crippen molar-refractivity contribution in [2.75, 3.05) is 7.11 Å². The van der Waals surface area contributed by atoms with Crippen molar-refractivity contribution in [3.8, 4) is 0 Å². The molecule has 0 aliphatic carbocycles. The normalized spacial score (nSPS) is 23.4. The molecule has 1 amide bonds. The van der Waals surface area contributed by atoms with Gasteiger partial charge in [-0.15, -0.1) is 0 Å². The zero-order valence-corrected chi connectivity index (χ0v) is 12.7. The van der Waals surface area contributed by atoms with Crippen molar-refractivity contribution in [2.24, 2.45) is 5.73 Å². The van der Waals surface area contributed by atoms with E-state index in [1.54, 1.807) is 7.11 Å². The molecule has 0 spiro atoms. The van der Waals surface area contributed by atoms with Crippen molar-refractivity contribution < 1.29 is 9.53 Å². The molecule has 1 aliphatic heterocycles. The SMILES string of the molecule is COCc1cccc(C2C(N)CC(=O)N2C(C)(C)C)c1. The standard InChI is InChI=1S/C16H24N2O2/c1-16(2,3)18-14(19)9-13(17)15(18)12-7-5-6-11(8-12)10-20-4/h5-8,13,15H,9-10,17H2,1-4H3. The lowest BCUT2D eigenvalue weighted by molar-refractivity contribution is -0.133. The van der Waals surface area contributed by atoms with Gasteiger partial charge in [0.25, 0.3) is 0 Å².